The van der Waals surface area contributed by atoms with Crippen LogP contribution in [0.3, 0.4) is 0 Å². The van der Waals surface area contributed by atoms with Crippen LogP contribution in [0.2, 0.25) is 0 Å². The highest BCUT2D eigenvalue weighted by Gasteiger charge is 2.25. The van der Waals surface area contributed by atoms with Crippen LogP contribution in [0.4, 0.5) is 17.5 Å². The van der Waals surface area contributed by atoms with Gasteiger partial charge in [-0.3, -0.25) is 4.79 Å². The van der Waals surface area contributed by atoms with E-state index in [-0.39, 0.29) is 11.9 Å². The molecule has 1 aromatic carbocycles. The predicted molar refractivity (Wildman–Crippen MR) is 126 cm³/mol. The minimum Gasteiger partial charge on any atom is -0.398 e. The van der Waals surface area contributed by atoms with Gasteiger partial charge >= 0.3 is 0 Å². The van der Waals surface area contributed by atoms with Crippen LogP contribution in [0.5, 0.6) is 0 Å². The number of para-hydroxylation sites is 1. The van der Waals surface area contributed by atoms with E-state index in [2.05, 4.69) is 29.6 Å². The van der Waals surface area contributed by atoms with Gasteiger partial charge in [0.2, 0.25) is 5.95 Å². The van der Waals surface area contributed by atoms with Gasteiger partial charge in [0.05, 0.1) is 11.3 Å². The number of fused-ring (bicyclic) bond motifs is 1. The Balaban J connectivity index is 1.36. The maximum Gasteiger partial charge on any atom is 0.253 e. The number of aromatic nitrogens is 2. The van der Waals surface area contributed by atoms with Gasteiger partial charge in [0.1, 0.15) is 5.82 Å². The first kappa shape index (κ1) is 21.4. The molecule has 1 saturated carbocycles. The Bertz CT molecular complexity index is 949. The SMILES string of the molecule is Cc1cccc(C(=O)NC2CCC(Nc3nc4c(c(N(C)C)n3)CCCC4)CC2)c1N. The minimum absolute atomic E-state index is 0.0775. The lowest BCUT2D eigenvalue weighted by molar-refractivity contribution is 0.0927. The lowest BCUT2D eigenvalue weighted by atomic mass is 9.91. The maximum atomic E-state index is 12.7. The highest BCUT2D eigenvalue weighted by atomic mass is 16.1. The predicted octanol–water partition coefficient (Wildman–Crippen LogP) is 3.47. The Hall–Kier alpha value is -2.83. The van der Waals surface area contributed by atoms with Crippen LogP contribution in [0, 0.1) is 6.92 Å². The molecule has 2 aliphatic rings. The number of anilines is 3. The fourth-order valence-corrected chi connectivity index (χ4v) is 4.72. The fraction of sp³-hybridized carbons (Fsp3) is 0.542. The second kappa shape index (κ2) is 9.12. The molecule has 4 N–H and O–H groups in total. The first-order valence-electron chi connectivity index (χ1n) is 11.4. The van der Waals surface area contributed by atoms with Crippen molar-refractivity contribution in [1.82, 2.24) is 15.3 Å². The molecule has 0 spiro atoms. The Morgan fingerprint density at radius 2 is 1.77 bits per heavy atom. The molecule has 0 bridgehead atoms. The Kier molecular flexibility index (Phi) is 6.30. The van der Waals surface area contributed by atoms with Crippen molar-refractivity contribution < 1.29 is 4.79 Å². The summed E-state index contributed by atoms with van der Waals surface area (Å²) < 4.78 is 0. The number of aryl methyl sites for hydroxylation is 2. The Labute approximate surface area is 184 Å². The molecule has 0 atom stereocenters. The summed E-state index contributed by atoms with van der Waals surface area (Å²) in [4.78, 5) is 24.4. The number of nitrogen functional groups attached to an aromatic ring is 1. The maximum absolute atomic E-state index is 12.7. The molecule has 31 heavy (non-hydrogen) atoms. The first-order valence-corrected chi connectivity index (χ1v) is 11.4. The quantitative estimate of drug-likeness (QED) is 0.639. The number of hydrogen-bond acceptors (Lipinski definition) is 6. The van der Waals surface area contributed by atoms with Gasteiger partial charge in [-0.1, -0.05) is 12.1 Å². The molecule has 1 amide bonds. The molecule has 0 aliphatic heterocycles. The monoisotopic (exact) mass is 422 g/mol. The highest BCUT2D eigenvalue weighted by Crippen LogP contribution is 2.29. The summed E-state index contributed by atoms with van der Waals surface area (Å²) >= 11 is 0. The summed E-state index contributed by atoms with van der Waals surface area (Å²) in [6.07, 6.45) is 8.34. The van der Waals surface area contributed by atoms with Crippen LogP contribution in [0.15, 0.2) is 18.2 Å². The summed E-state index contributed by atoms with van der Waals surface area (Å²) in [6.45, 7) is 1.92. The van der Waals surface area contributed by atoms with Crippen molar-refractivity contribution in [2.75, 3.05) is 30.0 Å². The van der Waals surface area contributed by atoms with E-state index < -0.39 is 0 Å². The summed E-state index contributed by atoms with van der Waals surface area (Å²) in [5.74, 6) is 1.71. The first-order chi connectivity index (χ1) is 14.9. The molecule has 4 rings (SSSR count). The van der Waals surface area contributed by atoms with Crippen molar-refractivity contribution in [3.05, 3.63) is 40.6 Å². The van der Waals surface area contributed by atoms with Gasteiger partial charge < -0.3 is 21.3 Å². The van der Waals surface area contributed by atoms with Crippen LogP contribution in [0.25, 0.3) is 0 Å². The average Bonchev–Trinajstić information content (AvgIpc) is 2.76. The Morgan fingerprint density at radius 3 is 2.52 bits per heavy atom. The van der Waals surface area contributed by atoms with E-state index in [1.54, 1.807) is 6.07 Å². The second-order valence-corrected chi connectivity index (χ2v) is 9.10. The zero-order valence-corrected chi connectivity index (χ0v) is 18.9. The van der Waals surface area contributed by atoms with E-state index in [9.17, 15) is 4.79 Å². The number of carbonyl (C=O) groups excluding carboxylic acids is 1. The van der Waals surface area contributed by atoms with Crippen molar-refractivity contribution in [2.24, 2.45) is 0 Å². The molecule has 1 heterocycles. The number of benzene rings is 1. The third-order valence-electron chi connectivity index (χ3n) is 6.55. The van der Waals surface area contributed by atoms with E-state index in [0.29, 0.717) is 17.3 Å². The van der Waals surface area contributed by atoms with Crippen LogP contribution in [-0.4, -0.2) is 42.1 Å². The second-order valence-electron chi connectivity index (χ2n) is 9.10. The zero-order chi connectivity index (χ0) is 22.0. The van der Waals surface area contributed by atoms with Gasteiger partial charge in [0.15, 0.2) is 0 Å². The number of hydrogen-bond donors (Lipinski definition) is 3. The van der Waals surface area contributed by atoms with Gasteiger partial charge in [-0.15, -0.1) is 0 Å². The molecule has 7 nitrogen and oxygen atoms in total. The van der Waals surface area contributed by atoms with Crippen molar-refractivity contribution >= 4 is 23.4 Å². The van der Waals surface area contributed by atoms with Crippen molar-refractivity contribution in [1.29, 1.82) is 0 Å². The highest BCUT2D eigenvalue weighted by molar-refractivity contribution is 5.99. The van der Waals surface area contributed by atoms with E-state index in [0.717, 1.165) is 55.9 Å². The van der Waals surface area contributed by atoms with Crippen LogP contribution < -0.4 is 21.3 Å². The van der Waals surface area contributed by atoms with E-state index >= 15 is 0 Å². The van der Waals surface area contributed by atoms with Gasteiger partial charge in [-0.05, 0) is 69.9 Å². The van der Waals surface area contributed by atoms with Crippen molar-refractivity contribution in [3.63, 3.8) is 0 Å². The number of carbonyl (C=O) groups is 1. The smallest absolute Gasteiger partial charge is 0.253 e. The number of nitrogens with one attached hydrogen (secondary N) is 2. The summed E-state index contributed by atoms with van der Waals surface area (Å²) in [5.41, 5.74) is 10.7. The van der Waals surface area contributed by atoms with Crippen LogP contribution >= 0.6 is 0 Å². The molecular weight excluding hydrogens is 388 g/mol. The molecule has 1 fully saturated rings. The zero-order valence-electron chi connectivity index (χ0n) is 18.9. The number of rotatable bonds is 5. The van der Waals surface area contributed by atoms with E-state index in [4.69, 9.17) is 15.7 Å². The molecule has 7 heteroatoms. The summed E-state index contributed by atoms with van der Waals surface area (Å²) in [7, 11) is 4.10. The third-order valence-corrected chi connectivity index (χ3v) is 6.55. The van der Waals surface area contributed by atoms with Crippen LogP contribution in [0.1, 0.15) is 65.7 Å². The third kappa shape index (κ3) is 4.75. The van der Waals surface area contributed by atoms with Crippen LogP contribution in [-0.2, 0) is 12.8 Å². The topological polar surface area (TPSA) is 96.2 Å². The molecule has 0 radical (unpaired) electrons. The molecular formula is C24H34N6O. The number of nitrogens with two attached hydrogens (primary N) is 1. The Morgan fingerprint density at radius 1 is 1.06 bits per heavy atom. The fourth-order valence-electron chi connectivity index (χ4n) is 4.72. The molecule has 2 aromatic rings. The van der Waals surface area contributed by atoms with Crippen molar-refractivity contribution in [3.8, 4) is 0 Å². The number of nitrogens with zero attached hydrogens (tertiary/aromatic N) is 3. The molecule has 166 valence electrons. The van der Waals surface area contributed by atoms with Gasteiger partial charge in [-0.25, -0.2) is 4.98 Å². The van der Waals surface area contributed by atoms with Crippen molar-refractivity contribution in [2.45, 2.75) is 70.4 Å². The standard InChI is InChI=1S/C24H34N6O/c1-15-7-6-9-19(21(15)25)23(31)26-16-11-13-17(14-12-16)27-24-28-20-10-5-4-8-18(20)22(29-24)30(2)3/h6-7,9,16-17H,4-5,8,10-14,25H2,1-3H3,(H,26,31)(H,27,28,29). The minimum atomic E-state index is -0.0775. The van der Waals surface area contributed by atoms with Gasteiger partial charge in [-0.2, -0.15) is 4.98 Å². The molecule has 0 saturated heterocycles. The molecule has 2 aliphatic carbocycles. The van der Waals surface area contributed by atoms with E-state index in [1.807, 2.05) is 19.1 Å². The lowest BCUT2D eigenvalue weighted by Crippen LogP contribution is -2.40. The normalized spacial score (nSPS) is 20.6. The molecule has 1 aromatic heterocycles. The van der Waals surface area contributed by atoms with Gasteiger partial charge in [0, 0.05) is 37.4 Å². The lowest BCUT2D eigenvalue weighted by Gasteiger charge is -2.30. The number of amides is 1. The van der Waals surface area contributed by atoms with E-state index in [1.165, 1.54) is 24.1 Å². The van der Waals surface area contributed by atoms with Gasteiger partial charge in [0.25, 0.3) is 5.91 Å². The summed E-state index contributed by atoms with van der Waals surface area (Å²) in [6, 6.07) is 6.09. The average molecular weight is 423 g/mol. The molecule has 0 unspecified atom stereocenters. The summed E-state index contributed by atoms with van der Waals surface area (Å²) in [5, 5.41) is 6.73. The largest absolute Gasteiger partial charge is 0.398 e.